The Bertz CT molecular complexity index is 199. The predicted molar refractivity (Wildman–Crippen MR) is 80.0 cm³/mol. The summed E-state index contributed by atoms with van der Waals surface area (Å²) in [7, 11) is 0. The minimum atomic E-state index is -0.833. The van der Waals surface area contributed by atoms with E-state index in [0.717, 1.165) is 13.3 Å². The van der Waals surface area contributed by atoms with Gasteiger partial charge in [0, 0.05) is 8.29 Å². The van der Waals surface area contributed by atoms with Gasteiger partial charge in [-0.05, 0) is 25.7 Å². The lowest BCUT2D eigenvalue weighted by Crippen LogP contribution is -1.78. The summed E-state index contributed by atoms with van der Waals surface area (Å²) in [5, 5.41) is 7.42. The van der Waals surface area contributed by atoms with E-state index in [1.165, 1.54) is 57.8 Å². The maximum Gasteiger partial charge on any atom is 0.300 e. The van der Waals surface area contributed by atoms with Crippen LogP contribution in [-0.4, -0.2) is 11.1 Å². The number of unbranched alkanes of at least 4 members (excludes halogenated alkanes) is 8. The van der Waals surface area contributed by atoms with Crippen molar-refractivity contribution in [1.29, 1.82) is 0 Å². The Balaban J connectivity index is 0. The van der Waals surface area contributed by atoms with Crippen LogP contribution in [0.1, 0.15) is 86.3 Å². The summed E-state index contributed by atoms with van der Waals surface area (Å²) in [5.41, 5.74) is 0. The van der Waals surface area contributed by atoms with Crippen molar-refractivity contribution in [1.82, 2.24) is 0 Å². The van der Waals surface area contributed by atoms with E-state index in [2.05, 4.69) is 19.1 Å². The molecule has 0 aromatic rings. The van der Waals surface area contributed by atoms with E-state index in [4.69, 9.17) is 11.3 Å². The highest BCUT2D eigenvalue weighted by Gasteiger charge is 1.86. The topological polar surface area (TPSA) is 37.3 Å². The summed E-state index contributed by atoms with van der Waals surface area (Å²) in [6, 6.07) is 0. The second kappa shape index (κ2) is 18.6. The number of allylic oxidation sites excluding steroid dienone is 2. The van der Waals surface area contributed by atoms with Gasteiger partial charge in [0.15, 0.2) is 0 Å². The molecule has 0 rings (SSSR count). The first-order valence-electron chi connectivity index (χ1n) is 7.99. The fourth-order valence-corrected chi connectivity index (χ4v) is 1.54. The van der Waals surface area contributed by atoms with E-state index in [-0.39, 0.29) is 0 Å². The molecule has 0 aromatic carbocycles. The van der Waals surface area contributed by atoms with E-state index in [1.807, 2.05) is 0 Å². The molecule has 0 radical (unpaired) electrons. The molecule has 18 heavy (non-hydrogen) atoms. The Morgan fingerprint density at radius 2 is 1.44 bits per heavy atom. The molecule has 0 heterocycles. The fourth-order valence-electron chi connectivity index (χ4n) is 1.54. The largest absolute Gasteiger partial charge is 0.481 e. The minimum Gasteiger partial charge on any atom is -0.481 e. The average Bonchev–Trinajstić information content (AvgIpc) is 2.35. The third kappa shape index (κ3) is 29.5. The molecule has 0 aliphatic heterocycles. The SMILES string of the molecule is CC(=O)O.[2H]CCCCCC/C=C\CCCCCC. The molecule has 2 heteroatoms. The van der Waals surface area contributed by atoms with Crippen molar-refractivity contribution in [2.45, 2.75) is 85.0 Å². The highest BCUT2D eigenvalue weighted by atomic mass is 16.4. The third-order valence-electron chi connectivity index (χ3n) is 2.51. The van der Waals surface area contributed by atoms with Crippen molar-refractivity contribution in [3.8, 4) is 0 Å². The van der Waals surface area contributed by atoms with Crippen LogP contribution in [0.4, 0.5) is 0 Å². The first-order chi connectivity index (χ1) is 9.15. The third-order valence-corrected chi connectivity index (χ3v) is 2.51. The van der Waals surface area contributed by atoms with Gasteiger partial charge in [0.1, 0.15) is 0 Å². The number of carbonyl (C=O) groups is 1. The first kappa shape index (κ1) is 17.2. The Hall–Kier alpha value is -0.790. The van der Waals surface area contributed by atoms with E-state index in [1.54, 1.807) is 0 Å². The van der Waals surface area contributed by atoms with E-state index in [0.29, 0.717) is 6.90 Å². The predicted octanol–water partition coefficient (Wildman–Crippen LogP) is 5.57. The van der Waals surface area contributed by atoms with Crippen molar-refractivity contribution in [3.63, 3.8) is 0 Å². The number of aliphatic carboxylic acids is 1. The quantitative estimate of drug-likeness (QED) is 0.410. The summed E-state index contributed by atoms with van der Waals surface area (Å²) in [5.74, 6) is -0.833. The summed E-state index contributed by atoms with van der Waals surface area (Å²) < 4.78 is 7.02. The van der Waals surface area contributed by atoms with Gasteiger partial charge >= 0.3 is 0 Å². The summed E-state index contributed by atoms with van der Waals surface area (Å²) in [6.45, 7) is 3.94. The van der Waals surface area contributed by atoms with Crippen LogP contribution >= 0.6 is 0 Å². The molecule has 108 valence electrons. The van der Waals surface area contributed by atoms with Crippen molar-refractivity contribution in [2.75, 3.05) is 0 Å². The summed E-state index contributed by atoms with van der Waals surface area (Å²) in [6.07, 6.45) is 17.6. The normalized spacial score (nSPS) is 10.9. The van der Waals surface area contributed by atoms with Gasteiger partial charge in [0.25, 0.3) is 5.97 Å². The van der Waals surface area contributed by atoms with Gasteiger partial charge in [-0.1, -0.05) is 64.5 Å². The van der Waals surface area contributed by atoms with E-state index < -0.39 is 5.97 Å². The lowest BCUT2D eigenvalue weighted by Gasteiger charge is -1.95. The van der Waals surface area contributed by atoms with Gasteiger partial charge in [0.2, 0.25) is 0 Å². The van der Waals surface area contributed by atoms with Crippen molar-refractivity contribution in [2.24, 2.45) is 0 Å². The molecule has 0 aromatic heterocycles. The Morgan fingerprint density at radius 1 is 1.00 bits per heavy atom. The molecular formula is C16H32O2. The van der Waals surface area contributed by atoms with Gasteiger partial charge in [-0.25, -0.2) is 0 Å². The summed E-state index contributed by atoms with van der Waals surface area (Å²) >= 11 is 0. The molecule has 0 atom stereocenters. The molecule has 0 spiro atoms. The molecule has 1 N–H and O–H groups in total. The number of hydrogen-bond donors (Lipinski definition) is 1. The Labute approximate surface area is 115 Å². The second-order valence-electron chi connectivity index (χ2n) is 4.54. The van der Waals surface area contributed by atoms with Gasteiger partial charge in [0.05, 0.1) is 0 Å². The molecule has 2 nitrogen and oxygen atoms in total. The van der Waals surface area contributed by atoms with Crippen LogP contribution < -0.4 is 0 Å². The molecular weight excluding hydrogens is 224 g/mol. The van der Waals surface area contributed by atoms with Crippen molar-refractivity contribution < 1.29 is 11.3 Å². The van der Waals surface area contributed by atoms with Crippen LogP contribution in [-0.2, 0) is 4.79 Å². The van der Waals surface area contributed by atoms with Crippen molar-refractivity contribution >= 4 is 5.97 Å². The van der Waals surface area contributed by atoms with E-state index >= 15 is 0 Å². The number of hydrogen-bond acceptors (Lipinski definition) is 1. The summed E-state index contributed by atoms with van der Waals surface area (Å²) in [4.78, 5) is 9.00. The van der Waals surface area contributed by atoms with Crippen LogP contribution in [0.2, 0.25) is 0 Å². The lowest BCUT2D eigenvalue weighted by atomic mass is 10.1. The Kier molecular flexibility index (Phi) is 17.8. The molecule has 0 saturated heterocycles. The highest BCUT2D eigenvalue weighted by molar-refractivity contribution is 5.62. The monoisotopic (exact) mass is 257 g/mol. The molecule has 0 fully saturated rings. The number of rotatable bonds is 10. The second-order valence-corrected chi connectivity index (χ2v) is 4.54. The highest BCUT2D eigenvalue weighted by Crippen LogP contribution is 2.06. The molecule has 0 amide bonds. The Morgan fingerprint density at radius 3 is 1.83 bits per heavy atom. The molecule has 0 aliphatic rings. The van der Waals surface area contributed by atoms with Gasteiger partial charge in [-0.3, -0.25) is 4.79 Å². The number of carboxylic acids is 1. The molecule has 0 unspecified atom stereocenters. The van der Waals surface area contributed by atoms with Crippen molar-refractivity contribution in [3.05, 3.63) is 12.2 Å². The minimum absolute atomic E-state index is 0.604. The average molecular weight is 257 g/mol. The molecule has 0 aliphatic carbocycles. The van der Waals surface area contributed by atoms with Crippen LogP contribution in [0.5, 0.6) is 0 Å². The first-order valence-corrected chi connectivity index (χ1v) is 7.28. The smallest absolute Gasteiger partial charge is 0.300 e. The zero-order valence-electron chi connectivity index (χ0n) is 13.3. The van der Waals surface area contributed by atoms with E-state index in [9.17, 15) is 0 Å². The van der Waals surface area contributed by atoms with Crippen LogP contribution in [0, 0.1) is 0 Å². The van der Waals surface area contributed by atoms with Crippen LogP contribution in [0.3, 0.4) is 0 Å². The van der Waals surface area contributed by atoms with Gasteiger partial charge in [-0.2, -0.15) is 0 Å². The maximum absolute atomic E-state index is 9.00. The van der Waals surface area contributed by atoms with Gasteiger partial charge < -0.3 is 5.11 Å². The van der Waals surface area contributed by atoms with Crippen LogP contribution in [0.15, 0.2) is 12.2 Å². The maximum atomic E-state index is 9.00. The molecule has 0 saturated carbocycles. The number of carboxylic acid groups (broad SMARTS) is 1. The fraction of sp³-hybridized carbons (Fsp3) is 0.812. The molecule has 0 bridgehead atoms. The standard InChI is InChI=1S/C14H28.C2H4O2/c1-3-5-7-9-11-13-14-12-10-8-6-4-2;1-2(3)4/h13-14H,3-12H2,1-2H3;1H3,(H,3,4)/b14-13-;/i1D;. The zero-order valence-corrected chi connectivity index (χ0v) is 12.3. The zero-order chi connectivity index (χ0) is 14.8. The van der Waals surface area contributed by atoms with Gasteiger partial charge in [-0.15, -0.1) is 0 Å². The lowest BCUT2D eigenvalue weighted by molar-refractivity contribution is -0.134. The van der Waals surface area contributed by atoms with Crippen LogP contribution in [0.25, 0.3) is 0 Å².